The minimum atomic E-state index is 0.0730. The topological polar surface area (TPSA) is 29.5 Å². The van der Waals surface area contributed by atoms with Crippen molar-refractivity contribution in [3.05, 3.63) is 23.3 Å². The summed E-state index contributed by atoms with van der Waals surface area (Å²) in [6.45, 7) is 2.26. The molecule has 0 spiro atoms. The van der Waals surface area contributed by atoms with Crippen LogP contribution in [0.1, 0.15) is 49.7 Å². The number of hydrogen-bond acceptors (Lipinski definition) is 4. The van der Waals surface area contributed by atoms with Crippen molar-refractivity contribution in [3.8, 4) is 11.5 Å². The third kappa shape index (κ3) is 1.95. The third-order valence-electron chi connectivity index (χ3n) is 4.83. The zero-order valence-electron chi connectivity index (χ0n) is 11.7. The number of aromatic hydroxyl groups is 1. The molecule has 2 heterocycles. The van der Waals surface area contributed by atoms with Crippen LogP contribution in [0.5, 0.6) is 11.5 Å². The van der Waals surface area contributed by atoms with Gasteiger partial charge in [-0.05, 0) is 43.9 Å². The quantitative estimate of drug-likeness (QED) is 0.829. The van der Waals surface area contributed by atoms with Crippen molar-refractivity contribution in [1.82, 2.24) is 0 Å². The normalized spacial score (nSPS) is 30.6. The minimum Gasteiger partial charge on any atom is -0.508 e. The van der Waals surface area contributed by atoms with E-state index in [0.717, 1.165) is 24.2 Å². The Morgan fingerprint density at radius 2 is 1.95 bits per heavy atom. The standard InChI is InChI=1S/C16H20O2S2/c1-16(19-6-7-20-16)10-8-12(17)15-11-4-2-3-5-13(11)18-14(15)9-10/h8-9,11,13,17H,2-7H2,1H3. The van der Waals surface area contributed by atoms with E-state index in [9.17, 15) is 5.11 Å². The van der Waals surface area contributed by atoms with Gasteiger partial charge < -0.3 is 9.84 Å². The van der Waals surface area contributed by atoms with Crippen LogP contribution in [0.2, 0.25) is 0 Å². The summed E-state index contributed by atoms with van der Waals surface area (Å²) in [5.74, 6) is 4.20. The van der Waals surface area contributed by atoms with Crippen LogP contribution >= 0.6 is 23.5 Å². The Bertz CT molecular complexity index is 538. The highest BCUT2D eigenvalue weighted by molar-refractivity contribution is 8.20. The van der Waals surface area contributed by atoms with Crippen LogP contribution in [0, 0.1) is 0 Å². The number of phenols is 1. The SMILES string of the molecule is CC1(c2cc(O)c3c(c2)OC2CCCCC32)SCCS1. The first-order chi connectivity index (χ1) is 9.67. The number of fused-ring (bicyclic) bond motifs is 3. The molecule has 2 fully saturated rings. The number of phenolic OH excluding ortho intramolecular Hbond substituents is 1. The van der Waals surface area contributed by atoms with Crippen LogP contribution in [0.3, 0.4) is 0 Å². The molecule has 3 aliphatic rings. The molecule has 1 N–H and O–H groups in total. The maximum absolute atomic E-state index is 10.5. The van der Waals surface area contributed by atoms with Gasteiger partial charge >= 0.3 is 0 Å². The molecule has 20 heavy (non-hydrogen) atoms. The van der Waals surface area contributed by atoms with Crippen molar-refractivity contribution in [1.29, 1.82) is 0 Å². The Morgan fingerprint density at radius 1 is 1.20 bits per heavy atom. The van der Waals surface area contributed by atoms with Crippen molar-refractivity contribution < 1.29 is 9.84 Å². The van der Waals surface area contributed by atoms with Crippen LogP contribution in [-0.2, 0) is 4.08 Å². The number of thioether (sulfide) groups is 2. The van der Waals surface area contributed by atoms with E-state index >= 15 is 0 Å². The summed E-state index contributed by atoms with van der Waals surface area (Å²) in [5.41, 5.74) is 2.29. The van der Waals surface area contributed by atoms with Crippen molar-refractivity contribution >= 4 is 23.5 Å². The molecule has 2 aliphatic heterocycles. The molecule has 1 aromatic carbocycles. The largest absolute Gasteiger partial charge is 0.508 e. The summed E-state index contributed by atoms with van der Waals surface area (Å²) >= 11 is 3.95. The molecule has 1 aromatic rings. The fourth-order valence-corrected chi connectivity index (χ4v) is 6.60. The van der Waals surface area contributed by atoms with Gasteiger partial charge in [-0.2, -0.15) is 0 Å². The van der Waals surface area contributed by atoms with Gasteiger partial charge in [0.1, 0.15) is 17.6 Å². The summed E-state index contributed by atoms with van der Waals surface area (Å²) in [6, 6.07) is 4.18. The lowest BCUT2D eigenvalue weighted by Gasteiger charge is -2.24. The Labute approximate surface area is 128 Å². The molecular formula is C16H20O2S2. The average molecular weight is 308 g/mol. The molecule has 0 radical (unpaired) electrons. The highest BCUT2D eigenvalue weighted by atomic mass is 32.2. The predicted molar refractivity (Wildman–Crippen MR) is 86.0 cm³/mol. The fourth-order valence-electron chi connectivity index (χ4n) is 3.76. The van der Waals surface area contributed by atoms with Crippen LogP contribution < -0.4 is 4.74 Å². The first-order valence-electron chi connectivity index (χ1n) is 7.49. The van der Waals surface area contributed by atoms with E-state index in [4.69, 9.17) is 4.74 Å². The van der Waals surface area contributed by atoms with Crippen LogP contribution in [-0.4, -0.2) is 22.7 Å². The van der Waals surface area contributed by atoms with Crippen molar-refractivity contribution in [3.63, 3.8) is 0 Å². The van der Waals surface area contributed by atoms with E-state index in [1.807, 2.05) is 29.6 Å². The Balaban J connectivity index is 1.75. The lowest BCUT2D eigenvalue weighted by atomic mass is 9.82. The Hall–Kier alpha value is -0.480. The van der Waals surface area contributed by atoms with Gasteiger partial charge in [-0.3, -0.25) is 0 Å². The first-order valence-corrected chi connectivity index (χ1v) is 9.46. The lowest BCUT2D eigenvalue weighted by Crippen LogP contribution is -2.22. The van der Waals surface area contributed by atoms with Gasteiger partial charge in [0.2, 0.25) is 0 Å². The third-order valence-corrected chi connectivity index (χ3v) is 8.19. The second kappa shape index (κ2) is 4.77. The number of benzene rings is 1. The first kappa shape index (κ1) is 13.2. The van der Waals surface area contributed by atoms with Gasteiger partial charge in [0, 0.05) is 23.0 Å². The highest BCUT2D eigenvalue weighted by Crippen LogP contribution is 2.56. The van der Waals surface area contributed by atoms with E-state index in [0.29, 0.717) is 17.8 Å². The summed E-state index contributed by atoms with van der Waals surface area (Å²) < 4.78 is 6.23. The van der Waals surface area contributed by atoms with Crippen LogP contribution in [0.15, 0.2) is 12.1 Å². The van der Waals surface area contributed by atoms with Crippen LogP contribution in [0.4, 0.5) is 0 Å². The van der Waals surface area contributed by atoms with Gasteiger partial charge in [0.05, 0.1) is 4.08 Å². The maximum atomic E-state index is 10.5. The molecule has 1 aliphatic carbocycles. The number of ether oxygens (including phenoxy) is 1. The lowest BCUT2D eigenvalue weighted by molar-refractivity contribution is 0.163. The van der Waals surface area contributed by atoms with Crippen molar-refractivity contribution in [2.75, 3.05) is 11.5 Å². The zero-order chi connectivity index (χ0) is 13.7. The Morgan fingerprint density at radius 3 is 2.75 bits per heavy atom. The van der Waals surface area contributed by atoms with Gasteiger partial charge in [-0.25, -0.2) is 0 Å². The molecule has 2 atom stereocenters. The van der Waals surface area contributed by atoms with Crippen LogP contribution in [0.25, 0.3) is 0 Å². The molecule has 2 unspecified atom stereocenters. The fraction of sp³-hybridized carbons (Fsp3) is 0.625. The minimum absolute atomic E-state index is 0.0730. The van der Waals surface area contributed by atoms with E-state index in [-0.39, 0.29) is 4.08 Å². The molecule has 2 nitrogen and oxygen atoms in total. The predicted octanol–water partition coefficient (Wildman–Crippen LogP) is 4.46. The molecular weight excluding hydrogens is 288 g/mol. The second-order valence-electron chi connectivity index (χ2n) is 6.10. The highest BCUT2D eigenvalue weighted by Gasteiger charge is 2.40. The van der Waals surface area contributed by atoms with Gasteiger partial charge in [-0.1, -0.05) is 6.42 Å². The molecule has 1 saturated carbocycles. The molecule has 1 saturated heterocycles. The zero-order valence-corrected chi connectivity index (χ0v) is 13.4. The van der Waals surface area contributed by atoms with Gasteiger partial charge in [0.25, 0.3) is 0 Å². The van der Waals surface area contributed by atoms with E-state index in [1.54, 1.807) is 0 Å². The molecule has 4 rings (SSSR count). The van der Waals surface area contributed by atoms with Gasteiger partial charge in [-0.15, -0.1) is 23.5 Å². The maximum Gasteiger partial charge on any atom is 0.127 e. The molecule has 0 bridgehead atoms. The van der Waals surface area contributed by atoms with E-state index < -0.39 is 0 Å². The second-order valence-corrected chi connectivity index (χ2v) is 9.38. The Kier molecular flexibility index (Phi) is 3.15. The molecule has 0 amide bonds. The average Bonchev–Trinajstić information content (AvgIpc) is 3.03. The summed E-state index contributed by atoms with van der Waals surface area (Å²) in [6.07, 6.45) is 5.11. The molecule has 0 aromatic heterocycles. The van der Waals surface area contributed by atoms with Gasteiger partial charge in [0.15, 0.2) is 0 Å². The number of hydrogen-bond donors (Lipinski definition) is 1. The van der Waals surface area contributed by atoms with Crippen molar-refractivity contribution in [2.45, 2.75) is 48.7 Å². The van der Waals surface area contributed by atoms with E-state index in [1.165, 1.54) is 29.9 Å². The number of rotatable bonds is 1. The molecule has 4 heteroatoms. The van der Waals surface area contributed by atoms with E-state index in [2.05, 4.69) is 13.0 Å². The molecule has 108 valence electrons. The summed E-state index contributed by atoms with van der Waals surface area (Å²) in [5, 5.41) is 10.5. The monoisotopic (exact) mass is 308 g/mol. The summed E-state index contributed by atoms with van der Waals surface area (Å²) in [7, 11) is 0. The smallest absolute Gasteiger partial charge is 0.127 e. The summed E-state index contributed by atoms with van der Waals surface area (Å²) in [4.78, 5) is 0. The van der Waals surface area contributed by atoms with Crippen molar-refractivity contribution in [2.24, 2.45) is 0 Å².